The van der Waals surface area contributed by atoms with Crippen LogP contribution in [0.1, 0.15) is 27.2 Å². The Labute approximate surface area is 51.6 Å². The van der Waals surface area contributed by atoms with Crippen molar-refractivity contribution in [2.45, 2.75) is 32.7 Å². The van der Waals surface area contributed by atoms with Crippen LogP contribution in [-0.4, -0.2) is 5.54 Å². The molecule has 1 heteroatoms. The number of nitrogens with two attached hydrogens (primary N) is 1. The molecule has 0 rings (SSSR count). The largest absolute Gasteiger partial charge is 0.322 e. The molecule has 0 aliphatic heterocycles. The van der Waals surface area contributed by atoms with Crippen LogP contribution in [0.5, 0.6) is 0 Å². The van der Waals surface area contributed by atoms with Crippen molar-refractivity contribution < 1.29 is 0 Å². The first-order chi connectivity index (χ1) is 3.62. The molecule has 0 aromatic carbocycles. The predicted octanol–water partition coefficient (Wildman–Crippen LogP) is 1.69. The molecule has 0 spiro atoms. The van der Waals surface area contributed by atoms with Gasteiger partial charge in [-0.25, -0.2) is 0 Å². The summed E-state index contributed by atoms with van der Waals surface area (Å²) in [6.45, 7) is 6.09. The number of rotatable bonds is 2. The Morgan fingerprint density at radius 2 is 2.12 bits per heavy atom. The number of hydrogen-bond donors (Lipinski definition) is 1. The molecule has 8 heavy (non-hydrogen) atoms. The first-order valence-corrected chi connectivity index (χ1v) is 3.05. The van der Waals surface area contributed by atoms with E-state index < -0.39 is 0 Å². The molecule has 0 fully saturated rings. The molecule has 0 heterocycles. The molecule has 0 aromatic heterocycles. The lowest BCUT2D eigenvalue weighted by atomic mass is 10.0. The van der Waals surface area contributed by atoms with Gasteiger partial charge in [0.1, 0.15) is 0 Å². The van der Waals surface area contributed by atoms with Crippen molar-refractivity contribution in [1.82, 2.24) is 0 Å². The van der Waals surface area contributed by atoms with Gasteiger partial charge in [0.25, 0.3) is 0 Å². The topological polar surface area (TPSA) is 26.0 Å². The number of allylic oxidation sites excluding steroid dienone is 1. The van der Waals surface area contributed by atoms with E-state index in [2.05, 4.69) is 6.92 Å². The van der Waals surface area contributed by atoms with Gasteiger partial charge in [0.05, 0.1) is 0 Å². The van der Waals surface area contributed by atoms with E-state index in [-0.39, 0.29) is 5.54 Å². The van der Waals surface area contributed by atoms with Crippen molar-refractivity contribution in [3.05, 3.63) is 12.2 Å². The van der Waals surface area contributed by atoms with Gasteiger partial charge in [-0.15, -0.1) is 0 Å². The van der Waals surface area contributed by atoms with E-state index in [1.807, 2.05) is 26.0 Å². The Kier molecular flexibility index (Phi) is 2.77. The van der Waals surface area contributed by atoms with Crippen molar-refractivity contribution in [3.8, 4) is 0 Å². The van der Waals surface area contributed by atoms with Gasteiger partial charge in [-0.05, 0) is 20.3 Å². The van der Waals surface area contributed by atoms with Crippen LogP contribution in [0.3, 0.4) is 0 Å². The zero-order valence-electron chi connectivity index (χ0n) is 5.94. The monoisotopic (exact) mass is 113 g/mol. The first kappa shape index (κ1) is 7.70. The predicted molar refractivity (Wildman–Crippen MR) is 37.7 cm³/mol. The van der Waals surface area contributed by atoms with Crippen LogP contribution < -0.4 is 5.73 Å². The Hall–Kier alpha value is -0.300. The Morgan fingerprint density at radius 1 is 1.62 bits per heavy atom. The molecule has 0 aliphatic rings. The van der Waals surface area contributed by atoms with E-state index in [0.29, 0.717) is 0 Å². The smallest absolute Gasteiger partial charge is 0.0307 e. The second-order valence-corrected chi connectivity index (χ2v) is 2.36. The van der Waals surface area contributed by atoms with Crippen LogP contribution in [-0.2, 0) is 0 Å². The van der Waals surface area contributed by atoms with Crippen molar-refractivity contribution in [1.29, 1.82) is 0 Å². The maximum Gasteiger partial charge on any atom is 0.0307 e. The van der Waals surface area contributed by atoms with Gasteiger partial charge in [0.2, 0.25) is 0 Å². The van der Waals surface area contributed by atoms with Crippen LogP contribution in [0.25, 0.3) is 0 Å². The molecule has 0 saturated heterocycles. The molecule has 1 atom stereocenters. The third kappa shape index (κ3) is 2.80. The summed E-state index contributed by atoms with van der Waals surface area (Å²) < 4.78 is 0. The zero-order chi connectivity index (χ0) is 6.62. The highest BCUT2D eigenvalue weighted by Gasteiger charge is 2.08. The van der Waals surface area contributed by atoms with Gasteiger partial charge >= 0.3 is 0 Å². The lowest BCUT2D eigenvalue weighted by molar-refractivity contribution is 0.563. The normalized spacial score (nSPS) is 19.0. The highest BCUT2D eigenvalue weighted by Crippen LogP contribution is 2.04. The second-order valence-electron chi connectivity index (χ2n) is 2.36. The van der Waals surface area contributed by atoms with E-state index in [4.69, 9.17) is 5.73 Å². The maximum atomic E-state index is 5.74. The summed E-state index contributed by atoms with van der Waals surface area (Å²) in [7, 11) is 0. The Bertz CT molecular complexity index is 82.4. The molecule has 1 nitrogen and oxygen atoms in total. The lowest BCUT2D eigenvalue weighted by Gasteiger charge is -2.16. The summed E-state index contributed by atoms with van der Waals surface area (Å²) in [6, 6.07) is 0. The first-order valence-electron chi connectivity index (χ1n) is 3.05. The fourth-order valence-corrected chi connectivity index (χ4v) is 0.499. The minimum Gasteiger partial charge on any atom is -0.322 e. The van der Waals surface area contributed by atoms with Gasteiger partial charge in [0, 0.05) is 5.54 Å². The fraction of sp³-hybridized carbons (Fsp3) is 0.714. The summed E-state index contributed by atoms with van der Waals surface area (Å²) in [5.74, 6) is 0. The summed E-state index contributed by atoms with van der Waals surface area (Å²) in [5.41, 5.74) is 5.65. The summed E-state index contributed by atoms with van der Waals surface area (Å²) >= 11 is 0. The van der Waals surface area contributed by atoms with Crippen LogP contribution in [0.2, 0.25) is 0 Å². The van der Waals surface area contributed by atoms with Gasteiger partial charge in [0.15, 0.2) is 0 Å². The molecule has 1 unspecified atom stereocenters. The molecular formula is C7H15N. The fourth-order valence-electron chi connectivity index (χ4n) is 0.499. The lowest BCUT2D eigenvalue weighted by Crippen LogP contribution is -2.32. The minimum atomic E-state index is -0.0885. The van der Waals surface area contributed by atoms with Gasteiger partial charge in [-0.3, -0.25) is 0 Å². The quantitative estimate of drug-likeness (QED) is 0.542. The zero-order valence-corrected chi connectivity index (χ0v) is 5.94. The van der Waals surface area contributed by atoms with Crippen molar-refractivity contribution in [2.75, 3.05) is 0 Å². The van der Waals surface area contributed by atoms with E-state index in [0.717, 1.165) is 6.42 Å². The maximum absolute atomic E-state index is 5.74. The molecule has 0 saturated carbocycles. The molecule has 0 bridgehead atoms. The van der Waals surface area contributed by atoms with Crippen LogP contribution >= 0.6 is 0 Å². The van der Waals surface area contributed by atoms with Gasteiger partial charge in [-0.1, -0.05) is 19.1 Å². The van der Waals surface area contributed by atoms with E-state index in [1.165, 1.54) is 0 Å². The summed E-state index contributed by atoms with van der Waals surface area (Å²) in [6.07, 6.45) is 5.01. The molecule has 0 amide bonds. The van der Waals surface area contributed by atoms with Gasteiger partial charge in [-0.2, -0.15) is 0 Å². The highest BCUT2D eigenvalue weighted by molar-refractivity contribution is 4.99. The average Bonchev–Trinajstić information content (AvgIpc) is 1.67. The third-order valence-electron chi connectivity index (χ3n) is 1.31. The van der Waals surface area contributed by atoms with Crippen LogP contribution in [0.4, 0.5) is 0 Å². The van der Waals surface area contributed by atoms with Gasteiger partial charge < -0.3 is 5.73 Å². The summed E-state index contributed by atoms with van der Waals surface area (Å²) in [5, 5.41) is 0. The third-order valence-corrected chi connectivity index (χ3v) is 1.31. The molecular weight excluding hydrogens is 98.1 g/mol. The highest BCUT2D eigenvalue weighted by atomic mass is 14.7. The van der Waals surface area contributed by atoms with E-state index in [9.17, 15) is 0 Å². The molecule has 2 N–H and O–H groups in total. The molecule has 0 aromatic rings. The Balaban J connectivity index is 3.71. The molecule has 48 valence electrons. The van der Waals surface area contributed by atoms with E-state index >= 15 is 0 Å². The second kappa shape index (κ2) is 2.88. The SMILES string of the molecule is C/C=C\C(C)(N)CC. The molecule has 0 radical (unpaired) electrons. The Morgan fingerprint density at radius 3 is 2.25 bits per heavy atom. The van der Waals surface area contributed by atoms with Crippen molar-refractivity contribution in [3.63, 3.8) is 0 Å². The average molecular weight is 113 g/mol. The standard InChI is InChI=1S/C7H15N/c1-4-6-7(3,8)5-2/h4,6H,5,8H2,1-3H3/b6-4-. The summed E-state index contributed by atoms with van der Waals surface area (Å²) in [4.78, 5) is 0. The molecule has 0 aliphatic carbocycles. The van der Waals surface area contributed by atoms with E-state index in [1.54, 1.807) is 0 Å². The van der Waals surface area contributed by atoms with Crippen molar-refractivity contribution >= 4 is 0 Å². The minimum absolute atomic E-state index is 0.0885. The van der Waals surface area contributed by atoms with Crippen molar-refractivity contribution in [2.24, 2.45) is 5.73 Å². The number of hydrogen-bond acceptors (Lipinski definition) is 1. The van der Waals surface area contributed by atoms with Crippen LogP contribution in [0, 0.1) is 0 Å². The van der Waals surface area contributed by atoms with Crippen LogP contribution in [0.15, 0.2) is 12.2 Å².